The third kappa shape index (κ3) is 2.28. The summed E-state index contributed by atoms with van der Waals surface area (Å²) in [5, 5.41) is 12.3. The van der Waals surface area contributed by atoms with Gasteiger partial charge in [0.15, 0.2) is 0 Å². The van der Waals surface area contributed by atoms with Crippen LogP contribution in [0.5, 0.6) is 0 Å². The first-order valence-corrected chi connectivity index (χ1v) is 6.16. The molecule has 1 aromatic carbocycles. The number of nitrogens with zero attached hydrogens (tertiary/aromatic N) is 4. The van der Waals surface area contributed by atoms with Crippen molar-refractivity contribution < 1.29 is 9.32 Å². The van der Waals surface area contributed by atoms with E-state index in [1.165, 1.54) is 11.0 Å². The molecule has 0 unspecified atom stereocenters. The van der Waals surface area contributed by atoms with Crippen LogP contribution in [0.3, 0.4) is 0 Å². The van der Waals surface area contributed by atoms with Gasteiger partial charge < -0.3 is 4.52 Å². The van der Waals surface area contributed by atoms with Gasteiger partial charge in [0.05, 0.1) is 11.9 Å². The Hall–Kier alpha value is -3.00. The van der Waals surface area contributed by atoms with Crippen LogP contribution < -0.4 is 11.3 Å². The molecule has 0 bridgehead atoms. The summed E-state index contributed by atoms with van der Waals surface area (Å²) in [6, 6.07) is 9.40. The molecule has 0 aliphatic heterocycles. The molecule has 8 nitrogen and oxygen atoms in total. The minimum atomic E-state index is -0.488. The van der Waals surface area contributed by atoms with Gasteiger partial charge >= 0.3 is 0 Å². The average Bonchev–Trinajstić information content (AvgIpc) is 3.14. The highest BCUT2D eigenvalue weighted by Crippen LogP contribution is 2.23. The van der Waals surface area contributed by atoms with Gasteiger partial charge in [0.25, 0.3) is 5.91 Å². The molecule has 3 rings (SSSR count). The van der Waals surface area contributed by atoms with E-state index in [-0.39, 0.29) is 5.56 Å². The largest absolute Gasteiger partial charge is 0.360 e. The van der Waals surface area contributed by atoms with Gasteiger partial charge in [-0.25, -0.2) is 5.84 Å². The number of carbonyl (C=O) groups is 1. The van der Waals surface area contributed by atoms with Crippen LogP contribution in [0.15, 0.2) is 41.1 Å². The number of nitrogens with one attached hydrogen (secondary N) is 1. The van der Waals surface area contributed by atoms with Gasteiger partial charge in [-0.15, -0.1) is 5.10 Å². The molecule has 3 aromatic rings. The molecule has 0 saturated carbocycles. The number of hydrazine groups is 1. The lowest BCUT2D eigenvalue weighted by Gasteiger charge is -1.98. The van der Waals surface area contributed by atoms with E-state index in [2.05, 4.69) is 20.8 Å². The number of amides is 1. The normalized spacial score (nSPS) is 10.6. The number of rotatable bonds is 3. The van der Waals surface area contributed by atoms with Gasteiger partial charge in [-0.2, -0.15) is 9.90 Å². The van der Waals surface area contributed by atoms with Crippen molar-refractivity contribution in [2.24, 2.45) is 5.84 Å². The van der Waals surface area contributed by atoms with E-state index in [1.54, 1.807) is 6.92 Å². The molecule has 8 heteroatoms. The molecule has 0 fully saturated rings. The van der Waals surface area contributed by atoms with E-state index in [9.17, 15) is 4.79 Å². The molecule has 3 N–H and O–H groups in total. The molecular formula is C13H12N6O2. The first kappa shape index (κ1) is 13.0. The van der Waals surface area contributed by atoms with E-state index in [0.29, 0.717) is 17.1 Å². The minimum absolute atomic E-state index is 0.248. The Kier molecular flexibility index (Phi) is 3.20. The van der Waals surface area contributed by atoms with E-state index in [1.807, 2.05) is 30.3 Å². The van der Waals surface area contributed by atoms with Crippen LogP contribution in [0.2, 0.25) is 0 Å². The molecule has 1 amide bonds. The van der Waals surface area contributed by atoms with Crippen LogP contribution >= 0.6 is 0 Å². The van der Waals surface area contributed by atoms with Crippen molar-refractivity contribution in [1.82, 2.24) is 25.6 Å². The zero-order valence-electron chi connectivity index (χ0n) is 11.1. The third-order valence-electron chi connectivity index (χ3n) is 2.94. The summed E-state index contributed by atoms with van der Waals surface area (Å²) in [4.78, 5) is 13.2. The van der Waals surface area contributed by atoms with Crippen LogP contribution in [0.25, 0.3) is 17.1 Å². The van der Waals surface area contributed by atoms with Crippen LogP contribution in [0, 0.1) is 6.92 Å². The Morgan fingerprint density at radius 1 is 1.33 bits per heavy atom. The van der Waals surface area contributed by atoms with Gasteiger partial charge in [-0.3, -0.25) is 10.2 Å². The predicted molar refractivity (Wildman–Crippen MR) is 73.2 cm³/mol. The maximum absolute atomic E-state index is 11.8. The van der Waals surface area contributed by atoms with E-state index in [4.69, 9.17) is 10.4 Å². The lowest BCUT2D eigenvalue weighted by atomic mass is 10.1. The maximum atomic E-state index is 11.8. The molecule has 2 aromatic heterocycles. The molecule has 0 aliphatic carbocycles. The van der Waals surface area contributed by atoms with Crippen molar-refractivity contribution in [2.75, 3.05) is 0 Å². The van der Waals surface area contributed by atoms with Crippen LogP contribution in [-0.4, -0.2) is 26.1 Å². The second-order valence-electron chi connectivity index (χ2n) is 4.29. The zero-order chi connectivity index (χ0) is 14.8. The fourth-order valence-electron chi connectivity index (χ4n) is 1.94. The monoisotopic (exact) mass is 284 g/mol. The molecule has 0 saturated heterocycles. The molecule has 0 atom stereocenters. The van der Waals surface area contributed by atoms with E-state index in [0.717, 1.165) is 5.69 Å². The fourth-order valence-corrected chi connectivity index (χ4v) is 1.94. The second-order valence-corrected chi connectivity index (χ2v) is 4.29. The molecule has 2 heterocycles. The smallest absolute Gasteiger partial charge is 0.271 e. The Morgan fingerprint density at radius 3 is 2.81 bits per heavy atom. The lowest BCUT2D eigenvalue weighted by molar-refractivity contribution is 0.0952. The zero-order valence-corrected chi connectivity index (χ0v) is 11.1. The van der Waals surface area contributed by atoms with Crippen molar-refractivity contribution in [3.63, 3.8) is 0 Å². The van der Waals surface area contributed by atoms with Gasteiger partial charge in [0, 0.05) is 0 Å². The van der Waals surface area contributed by atoms with Crippen molar-refractivity contribution in [2.45, 2.75) is 6.92 Å². The van der Waals surface area contributed by atoms with Crippen molar-refractivity contribution in [3.8, 4) is 17.1 Å². The Bertz CT molecular complexity index is 777. The number of aromatic nitrogens is 4. The van der Waals surface area contributed by atoms with Crippen LogP contribution in [-0.2, 0) is 0 Å². The maximum Gasteiger partial charge on any atom is 0.271 e. The summed E-state index contributed by atoms with van der Waals surface area (Å²) >= 11 is 0. The van der Waals surface area contributed by atoms with Crippen LogP contribution in [0.4, 0.5) is 0 Å². The Labute approximate surface area is 119 Å². The highest BCUT2D eigenvalue weighted by Gasteiger charge is 2.23. The van der Waals surface area contributed by atoms with E-state index < -0.39 is 5.91 Å². The average molecular weight is 284 g/mol. The molecule has 106 valence electrons. The number of hydrogen-bond acceptors (Lipinski definition) is 6. The van der Waals surface area contributed by atoms with E-state index >= 15 is 0 Å². The molecule has 21 heavy (non-hydrogen) atoms. The third-order valence-corrected chi connectivity index (χ3v) is 2.94. The second kappa shape index (κ2) is 5.17. The van der Waals surface area contributed by atoms with Crippen molar-refractivity contribution >= 4 is 5.91 Å². The Morgan fingerprint density at radius 2 is 2.10 bits per heavy atom. The number of aryl methyl sites for hydroxylation is 1. The fraction of sp³-hybridized carbons (Fsp3) is 0.0769. The summed E-state index contributed by atoms with van der Waals surface area (Å²) in [5.41, 5.74) is 3.84. The first-order valence-electron chi connectivity index (χ1n) is 6.16. The molecule has 0 aliphatic rings. The first-order chi connectivity index (χ1) is 10.2. The summed E-state index contributed by atoms with van der Waals surface area (Å²) < 4.78 is 5.04. The topological polar surface area (TPSA) is 112 Å². The summed E-state index contributed by atoms with van der Waals surface area (Å²) in [5.74, 6) is 5.04. The van der Waals surface area contributed by atoms with Crippen molar-refractivity contribution in [1.29, 1.82) is 0 Å². The summed E-state index contributed by atoms with van der Waals surface area (Å²) in [6.07, 6.45) is 1.51. The molecular weight excluding hydrogens is 272 g/mol. The minimum Gasteiger partial charge on any atom is -0.360 e. The molecule has 0 radical (unpaired) electrons. The molecule has 0 spiro atoms. The van der Waals surface area contributed by atoms with Gasteiger partial charge in [-0.05, 0) is 19.1 Å². The number of benzene rings is 1. The lowest BCUT2D eigenvalue weighted by Crippen LogP contribution is -2.30. The SMILES string of the molecule is Cc1onc(-c2cnn(-c3ccccc3)n2)c1C(=O)NN. The summed E-state index contributed by atoms with van der Waals surface area (Å²) in [6.45, 7) is 1.63. The number of carbonyl (C=O) groups excluding carboxylic acids is 1. The standard InChI is InChI=1S/C13H12N6O2/c1-8-11(13(20)16-14)12(18-21-8)10-7-15-19(17-10)9-5-3-2-4-6-9/h2-7H,14H2,1H3,(H,16,20). The number of nitrogen functional groups attached to an aromatic ring is 1. The van der Waals surface area contributed by atoms with Gasteiger partial charge in [0.2, 0.25) is 0 Å². The number of hydrogen-bond donors (Lipinski definition) is 2. The Balaban J connectivity index is 2.03. The van der Waals surface area contributed by atoms with Crippen LogP contribution in [0.1, 0.15) is 16.1 Å². The summed E-state index contributed by atoms with van der Waals surface area (Å²) in [7, 11) is 0. The number of para-hydroxylation sites is 1. The van der Waals surface area contributed by atoms with Crippen molar-refractivity contribution in [3.05, 3.63) is 47.9 Å². The quantitative estimate of drug-likeness (QED) is 0.418. The van der Waals surface area contributed by atoms with Gasteiger partial charge in [0.1, 0.15) is 22.7 Å². The van der Waals surface area contributed by atoms with Gasteiger partial charge in [-0.1, -0.05) is 23.4 Å². The predicted octanol–water partition coefficient (Wildman–Crippen LogP) is 0.834. The highest BCUT2D eigenvalue weighted by atomic mass is 16.5. The number of nitrogens with two attached hydrogens (primary N) is 1. The highest BCUT2D eigenvalue weighted by molar-refractivity contribution is 5.99.